The van der Waals surface area contributed by atoms with Gasteiger partial charge in [0, 0.05) is 44.8 Å². The van der Waals surface area contributed by atoms with Gasteiger partial charge in [0.05, 0.1) is 16.8 Å². The maximum absolute atomic E-state index is 9.71. The molecule has 0 amide bonds. The van der Waals surface area contributed by atoms with E-state index in [2.05, 4.69) is 67.3 Å². The lowest BCUT2D eigenvalue weighted by Gasteiger charge is -2.37. The van der Waals surface area contributed by atoms with Crippen LogP contribution in [0, 0.1) is 13.8 Å². The van der Waals surface area contributed by atoms with E-state index in [0.29, 0.717) is 5.95 Å². The van der Waals surface area contributed by atoms with Gasteiger partial charge in [0.2, 0.25) is 5.95 Å². The van der Waals surface area contributed by atoms with Gasteiger partial charge in [0.15, 0.2) is 5.65 Å². The summed E-state index contributed by atoms with van der Waals surface area (Å²) in [6.07, 6.45) is 4.08. The molecule has 0 spiro atoms. The zero-order valence-corrected chi connectivity index (χ0v) is 21.7. The predicted molar refractivity (Wildman–Crippen MR) is 141 cm³/mol. The van der Waals surface area contributed by atoms with Crippen LogP contribution in [0.1, 0.15) is 36.8 Å². The van der Waals surface area contributed by atoms with Crippen molar-refractivity contribution < 1.29 is 5.11 Å². The second-order valence-corrected chi connectivity index (χ2v) is 9.54. The van der Waals surface area contributed by atoms with Crippen LogP contribution in [0.4, 0.5) is 23.3 Å². The summed E-state index contributed by atoms with van der Waals surface area (Å²) in [6, 6.07) is 4.53. The minimum atomic E-state index is 0.174. The van der Waals surface area contributed by atoms with E-state index in [9.17, 15) is 5.11 Å². The number of nitrogens with one attached hydrogen (secondary N) is 3. The number of nitrogens with zero attached hydrogens (tertiary/aromatic N) is 4. The van der Waals surface area contributed by atoms with E-state index in [1.807, 2.05) is 21.1 Å². The third-order valence-corrected chi connectivity index (χ3v) is 7.00. The Hall–Kier alpha value is -2.52. The number of fused-ring (bicyclic) bond motifs is 1. The number of aryl methyl sites for hydroxylation is 2. The molecule has 4 N–H and O–H groups in total. The summed E-state index contributed by atoms with van der Waals surface area (Å²) in [5.74, 6) is 2.44. The van der Waals surface area contributed by atoms with Gasteiger partial charge in [-0.1, -0.05) is 15.9 Å². The van der Waals surface area contributed by atoms with Gasteiger partial charge < -0.3 is 26.0 Å². The van der Waals surface area contributed by atoms with Gasteiger partial charge in [-0.15, -0.1) is 0 Å². The van der Waals surface area contributed by atoms with E-state index < -0.39 is 0 Å². The average Bonchev–Trinajstić information content (AvgIpc) is 3.11. The molecular weight excluding hydrogens is 482 g/mol. The van der Waals surface area contributed by atoms with Crippen molar-refractivity contribution in [2.75, 3.05) is 55.1 Å². The van der Waals surface area contributed by atoms with E-state index >= 15 is 0 Å². The van der Waals surface area contributed by atoms with Crippen LogP contribution in [0.5, 0.6) is 0 Å². The molecule has 178 valence electrons. The molecule has 3 heterocycles. The lowest BCUT2D eigenvalue weighted by atomic mass is 9.99. The Balaban J connectivity index is 2.09. The van der Waals surface area contributed by atoms with Gasteiger partial charge >= 0.3 is 0 Å². The highest BCUT2D eigenvalue weighted by molar-refractivity contribution is 9.10. The van der Waals surface area contributed by atoms with Gasteiger partial charge in [-0.2, -0.15) is 9.97 Å². The molecule has 0 radical (unpaired) electrons. The van der Waals surface area contributed by atoms with Crippen molar-refractivity contribution in [3.8, 4) is 5.69 Å². The highest BCUT2D eigenvalue weighted by Crippen LogP contribution is 2.44. The highest BCUT2D eigenvalue weighted by atomic mass is 79.9. The molecule has 8 nitrogen and oxygen atoms in total. The summed E-state index contributed by atoms with van der Waals surface area (Å²) >= 11 is 3.63. The molecule has 1 aliphatic rings. The third kappa shape index (κ3) is 4.12. The quantitative estimate of drug-likeness (QED) is 0.363. The molecule has 3 aromatic rings. The molecule has 1 fully saturated rings. The smallest absolute Gasteiger partial charge is 0.226 e. The number of aromatic nitrogens is 3. The van der Waals surface area contributed by atoms with Crippen molar-refractivity contribution in [1.82, 2.24) is 14.5 Å². The maximum atomic E-state index is 9.71. The van der Waals surface area contributed by atoms with E-state index in [1.54, 1.807) is 0 Å². The fourth-order valence-corrected chi connectivity index (χ4v) is 5.85. The fourth-order valence-electron chi connectivity index (χ4n) is 5.16. The molecule has 1 saturated heterocycles. The molecular formula is C24H34BrN7O. The number of aliphatic hydroxyl groups is 1. The third-order valence-electron chi connectivity index (χ3n) is 6.54. The molecule has 1 unspecified atom stereocenters. The van der Waals surface area contributed by atoms with Crippen LogP contribution in [-0.2, 0) is 0 Å². The minimum absolute atomic E-state index is 0.174. The van der Waals surface area contributed by atoms with Crippen LogP contribution in [0.2, 0.25) is 0 Å². The monoisotopic (exact) mass is 515 g/mol. The molecule has 4 rings (SSSR count). The summed E-state index contributed by atoms with van der Waals surface area (Å²) < 4.78 is 3.26. The largest absolute Gasteiger partial charge is 0.396 e. The van der Waals surface area contributed by atoms with Crippen molar-refractivity contribution in [1.29, 1.82) is 0 Å². The highest BCUT2D eigenvalue weighted by Gasteiger charge is 2.30. The first-order chi connectivity index (χ1) is 15.9. The van der Waals surface area contributed by atoms with Crippen LogP contribution in [-0.4, -0.2) is 60.0 Å². The molecule has 1 atom stereocenters. The van der Waals surface area contributed by atoms with Crippen LogP contribution in [0.15, 0.2) is 16.6 Å². The zero-order chi connectivity index (χ0) is 23.7. The molecule has 0 bridgehead atoms. The Kier molecular flexibility index (Phi) is 6.99. The number of aliphatic hydroxyl groups excluding tert-OH is 1. The first-order valence-electron chi connectivity index (χ1n) is 11.6. The number of hydrogen-bond donors (Lipinski definition) is 4. The van der Waals surface area contributed by atoms with Crippen LogP contribution in [0.3, 0.4) is 0 Å². The molecule has 2 aromatic heterocycles. The maximum Gasteiger partial charge on any atom is 0.226 e. The number of halogens is 1. The topological polar surface area (TPSA) is 90.3 Å². The normalized spacial score (nSPS) is 16.3. The number of rotatable bonds is 7. The van der Waals surface area contributed by atoms with Crippen molar-refractivity contribution in [3.63, 3.8) is 0 Å². The molecule has 33 heavy (non-hydrogen) atoms. The number of hydrogen-bond acceptors (Lipinski definition) is 7. The molecule has 0 aliphatic carbocycles. The van der Waals surface area contributed by atoms with Gasteiger partial charge in [0.1, 0.15) is 11.6 Å². The van der Waals surface area contributed by atoms with Crippen LogP contribution in [0.25, 0.3) is 16.7 Å². The van der Waals surface area contributed by atoms with E-state index in [4.69, 9.17) is 9.97 Å². The lowest BCUT2D eigenvalue weighted by Crippen LogP contribution is -2.41. The van der Waals surface area contributed by atoms with Crippen molar-refractivity contribution in [2.45, 2.75) is 45.6 Å². The van der Waals surface area contributed by atoms with Crippen LogP contribution < -0.4 is 20.9 Å². The molecule has 0 saturated carbocycles. The standard InChI is InChI=1S/C24H34BrN7O/c1-14-12-16(25)13-15(2)20(14)32-22-18(19(26-3)23(32)27-4)21(29-24(28-5)30-22)31-10-7-6-8-17(31)9-11-33/h12-13,17,26-27,33H,6-11H2,1-5H3,(H,28,29,30). The Labute approximate surface area is 203 Å². The summed E-state index contributed by atoms with van der Waals surface area (Å²) in [5.41, 5.74) is 5.23. The Bertz CT molecular complexity index is 1130. The fraction of sp³-hybridized carbons (Fsp3) is 0.500. The summed E-state index contributed by atoms with van der Waals surface area (Å²) in [6.45, 7) is 5.34. The molecule has 9 heteroatoms. The van der Waals surface area contributed by atoms with Gasteiger partial charge in [-0.05, 0) is 62.8 Å². The summed E-state index contributed by atoms with van der Waals surface area (Å²) in [4.78, 5) is 12.3. The first kappa shape index (κ1) is 23.6. The Morgan fingerprint density at radius 3 is 2.39 bits per heavy atom. The minimum Gasteiger partial charge on any atom is -0.396 e. The molecule has 1 aliphatic heterocycles. The number of anilines is 4. The van der Waals surface area contributed by atoms with E-state index in [1.165, 1.54) is 6.42 Å². The van der Waals surface area contributed by atoms with Gasteiger partial charge in [0.25, 0.3) is 0 Å². The van der Waals surface area contributed by atoms with Gasteiger partial charge in [-0.25, -0.2) is 0 Å². The second kappa shape index (κ2) is 9.77. The lowest BCUT2D eigenvalue weighted by molar-refractivity contribution is 0.262. The molecule has 1 aromatic carbocycles. The SMILES string of the molecule is CNc1nc(N2CCCCC2CCO)c2c(NC)c(NC)n(-c3c(C)cc(Br)cc3C)c2n1. The van der Waals surface area contributed by atoms with Crippen molar-refractivity contribution >= 4 is 50.2 Å². The summed E-state index contributed by atoms with van der Waals surface area (Å²) in [5, 5.41) is 20.7. The zero-order valence-electron chi connectivity index (χ0n) is 20.1. The second-order valence-electron chi connectivity index (χ2n) is 8.62. The average molecular weight is 516 g/mol. The van der Waals surface area contributed by atoms with Crippen LogP contribution >= 0.6 is 15.9 Å². The van der Waals surface area contributed by atoms with Gasteiger partial charge in [-0.3, -0.25) is 4.57 Å². The summed E-state index contributed by atoms with van der Waals surface area (Å²) in [7, 11) is 5.74. The van der Waals surface area contributed by atoms with Crippen molar-refractivity contribution in [2.24, 2.45) is 0 Å². The Morgan fingerprint density at radius 1 is 1.06 bits per heavy atom. The number of benzene rings is 1. The number of piperidine rings is 1. The Morgan fingerprint density at radius 2 is 1.79 bits per heavy atom. The predicted octanol–water partition coefficient (Wildman–Crippen LogP) is 4.67. The van der Waals surface area contributed by atoms with E-state index in [-0.39, 0.29) is 12.6 Å². The van der Waals surface area contributed by atoms with Crippen molar-refractivity contribution in [3.05, 3.63) is 27.7 Å². The van der Waals surface area contributed by atoms with E-state index in [0.717, 1.165) is 75.5 Å². The first-order valence-corrected chi connectivity index (χ1v) is 12.4.